The molecule has 5 aromatic rings. The van der Waals surface area contributed by atoms with Crippen molar-refractivity contribution in [2.24, 2.45) is 0 Å². The normalized spacial score (nSPS) is 15.2. The van der Waals surface area contributed by atoms with Crippen LogP contribution in [0.4, 0.5) is 23.9 Å². The highest BCUT2D eigenvalue weighted by Crippen LogP contribution is 2.46. The van der Waals surface area contributed by atoms with Crippen molar-refractivity contribution in [1.82, 2.24) is 4.90 Å². The quantitative estimate of drug-likeness (QED) is 0.124. The van der Waals surface area contributed by atoms with E-state index >= 15 is 0 Å². The number of piperazine rings is 1. The van der Waals surface area contributed by atoms with Gasteiger partial charge in [0, 0.05) is 58.9 Å². The zero-order chi connectivity index (χ0) is 34.4. The monoisotopic (exact) mass is 719 g/mol. The number of hydrogen-bond acceptors (Lipinski definition) is 6. The van der Waals surface area contributed by atoms with Gasteiger partial charge in [-0.25, -0.2) is 4.90 Å². The summed E-state index contributed by atoms with van der Waals surface area (Å²) in [5, 5.41) is 1.18. The van der Waals surface area contributed by atoms with Gasteiger partial charge in [0.25, 0.3) is 11.8 Å². The Hall–Kier alpha value is -4.48. The lowest BCUT2D eigenvalue weighted by atomic mass is 9.97. The van der Waals surface area contributed by atoms with Crippen molar-refractivity contribution < 1.29 is 27.6 Å². The van der Waals surface area contributed by atoms with Crippen LogP contribution >= 0.6 is 34.5 Å². The predicted octanol–water partition coefficient (Wildman–Crippen LogP) is 9.09. The Labute approximate surface area is 293 Å². The zero-order valence-corrected chi connectivity index (χ0v) is 28.0. The van der Waals surface area contributed by atoms with Crippen molar-refractivity contribution in [3.63, 3.8) is 0 Å². The summed E-state index contributed by atoms with van der Waals surface area (Å²) in [5.41, 5.74) is 2.23. The maximum absolute atomic E-state index is 14.5. The molecule has 1 fully saturated rings. The number of carbonyl (C=O) groups is 3. The van der Waals surface area contributed by atoms with Crippen molar-refractivity contribution in [1.29, 1.82) is 0 Å². The summed E-state index contributed by atoms with van der Waals surface area (Å²) in [7, 11) is 0. The molecule has 0 spiro atoms. The summed E-state index contributed by atoms with van der Waals surface area (Å²) in [4.78, 5) is 47.9. The molecule has 248 valence electrons. The van der Waals surface area contributed by atoms with E-state index in [0.29, 0.717) is 57.9 Å². The third-order valence-electron chi connectivity index (χ3n) is 8.72. The summed E-state index contributed by atoms with van der Waals surface area (Å²) in [5.74, 6) is -1.41. The molecule has 4 aromatic carbocycles. The molecule has 3 heterocycles. The Morgan fingerprint density at radius 2 is 1.35 bits per heavy atom. The highest BCUT2D eigenvalue weighted by molar-refractivity contribution is 7.20. The number of thiophene rings is 1. The number of amides is 2. The van der Waals surface area contributed by atoms with Crippen LogP contribution in [0.15, 0.2) is 97.1 Å². The van der Waals surface area contributed by atoms with E-state index in [2.05, 4.69) is 4.90 Å². The predicted molar refractivity (Wildman–Crippen MR) is 186 cm³/mol. The summed E-state index contributed by atoms with van der Waals surface area (Å²) >= 11 is 13.6. The van der Waals surface area contributed by atoms with E-state index in [-0.39, 0.29) is 34.0 Å². The topological polar surface area (TPSA) is 60.9 Å². The Balaban J connectivity index is 1.30. The number of benzene rings is 4. The molecule has 7 rings (SSSR count). The minimum atomic E-state index is -4.45. The number of imide groups is 1. The first kappa shape index (κ1) is 33.0. The second-order valence-corrected chi connectivity index (χ2v) is 13.6. The molecule has 2 amide bonds. The van der Waals surface area contributed by atoms with Crippen molar-refractivity contribution >= 4 is 62.8 Å². The van der Waals surface area contributed by atoms with Gasteiger partial charge in [0.05, 0.1) is 22.3 Å². The Morgan fingerprint density at radius 3 is 1.94 bits per heavy atom. The average molecular weight is 721 g/mol. The minimum Gasteiger partial charge on any atom is -0.369 e. The van der Waals surface area contributed by atoms with Gasteiger partial charge in [0.15, 0.2) is 5.78 Å². The zero-order valence-electron chi connectivity index (χ0n) is 25.6. The highest BCUT2D eigenvalue weighted by Gasteiger charge is 2.41. The Morgan fingerprint density at radius 1 is 0.755 bits per heavy atom. The van der Waals surface area contributed by atoms with Crippen molar-refractivity contribution in [2.75, 3.05) is 36.0 Å². The molecule has 0 radical (unpaired) electrons. The third-order valence-corrected chi connectivity index (χ3v) is 10.5. The summed E-state index contributed by atoms with van der Waals surface area (Å²) in [6.45, 7) is 2.16. The number of ketones is 1. The van der Waals surface area contributed by atoms with Crippen LogP contribution in [0, 0.1) is 0 Å². The van der Waals surface area contributed by atoms with E-state index in [4.69, 9.17) is 23.2 Å². The van der Waals surface area contributed by atoms with Gasteiger partial charge < -0.3 is 4.90 Å². The fraction of sp³-hybridized carbons (Fsp3) is 0.162. The van der Waals surface area contributed by atoms with Crippen LogP contribution in [0.25, 0.3) is 10.4 Å². The van der Waals surface area contributed by atoms with Crippen LogP contribution in [0.5, 0.6) is 0 Å². The summed E-state index contributed by atoms with van der Waals surface area (Å²) < 4.78 is 40.2. The molecule has 0 atom stereocenters. The molecular formula is C37H26Cl2F3N3O3S. The lowest BCUT2D eigenvalue weighted by molar-refractivity contribution is -0.137. The minimum absolute atomic E-state index is 0.216. The van der Waals surface area contributed by atoms with E-state index in [0.717, 1.165) is 22.6 Å². The van der Waals surface area contributed by atoms with Gasteiger partial charge in [0.2, 0.25) is 0 Å². The van der Waals surface area contributed by atoms with Gasteiger partial charge in [-0.05, 0) is 77.9 Å². The van der Waals surface area contributed by atoms with E-state index < -0.39 is 23.6 Å². The smallest absolute Gasteiger partial charge is 0.369 e. The standard InChI is InChI=1S/C37H26Cl2F3N3O3S/c38-25-12-8-22(9-13-25)32(46)31-30(21-43-16-18-44(19-17-43)27-5-3-4-24(20-27)37(40,41)42)33(23-10-14-26(39)15-11-23)49-36(31)45-34(47)28-6-1-2-7-29(28)35(45)48/h1-15,20H,16-19,21H2. The first-order valence-electron chi connectivity index (χ1n) is 15.3. The number of halogens is 5. The molecule has 0 unspecified atom stereocenters. The van der Waals surface area contributed by atoms with Crippen LogP contribution in [0.1, 0.15) is 47.8 Å². The summed E-state index contributed by atoms with van der Waals surface area (Å²) in [6, 6.07) is 25.4. The Kier molecular flexibility index (Phi) is 8.83. The average Bonchev–Trinajstić information content (AvgIpc) is 3.58. The van der Waals surface area contributed by atoms with Gasteiger partial charge in [-0.15, -0.1) is 11.3 Å². The molecule has 2 aliphatic heterocycles. The van der Waals surface area contributed by atoms with Crippen LogP contribution in [0.2, 0.25) is 10.0 Å². The molecule has 12 heteroatoms. The number of carbonyl (C=O) groups excluding carboxylic acids is 3. The van der Waals surface area contributed by atoms with Crippen molar-refractivity contribution in [2.45, 2.75) is 12.7 Å². The number of fused-ring (bicyclic) bond motifs is 1. The first-order chi connectivity index (χ1) is 23.5. The molecule has 0 saturated carbocycles. The maximum Gasteiger partial charge on any atom is 0.416 e. The van der Waals surface area contributed by atoms with E-state index in [1.54, 1.807) is 66.7 Å². The fourth-order valence-electron chi connectivity index (χ4n) is 6.21. The lowest BCUT2D eigenvalue weighted by Crippen LogP contribution is -2.46. The number of alkyl halides is 3. The van der Waals surface area contributed by atoms with Crippen LogP contribution in [-0.4, -0.2) is 48.7 Å². The SMILES string of the molecule is O=C(c1ccc(Cl)cc1)c1c(N2C(=O)c3ccccc3C2=O)sc(-c2ccc(Cl)cc2)c1CN1CCN(c2cccc(C(F)(F)F)c2)CC1. The van der Waals surface area contributed by atoms with Gasteiger partial charge >= 0.3 is 6.18 Å². The highest BCUT2D eigenvalue weighted by atomic mass is 35.5. The second kappa shape index (κ2) is 13.1. The van der Waals surface area contributed by atoms with Crippen molar-refractivity contribution in [3.8, 4) is 10.4 Å². The first-order valence-corrected chi connectivity index (χ1v) is 16.9. The largest absolute Gasteiger partial charge is 0.416 e. The number of rotatable bonds is 7. The van der Waals surface area contributed by atoms with Crippen LogP contribution in [0.3, 0.4) is 0 Å². The molecule has 1 aromatic heterocycles. The number of hydrogen-bond donors (Lipinski definition) is 0. The van der Waals surface area contributed by atoms with Gasteiger partial charge in [0.1, 0.15) is 5.00 Å². The molecular weight excluding hydrogens is 694 g/mol. The second-order valence-electron chi connectivity index (χ2n) is 11.7. The van der Waals surface area contributed by atoms with Gasteiger partial charge in [-0.3, -0.25) is 19.3 Å². The molecule has 0 aliphatic carbocycles. The number of anilines is 2. The van der Waals surface area contributed by atoms with E-state index in [9.17, 15) is 27.6 Å². The van der Waals surface area contributed by atoms with Crippen LogP contribution < -0.4 is 9.80 Å². The molecule has 0 N–H and O–H groups in total. The molecule has 6 nitrogen and oxygen atoms in total. The lowest BCUT2D eigenvalue weighted by Gasteiger charge is -2.36. The van der Waals surface area contributed by atoms with Gasteiger partial charge in [-0.1, -0.05) is 53.5 Å². The molecule has 0 bridgehead atoms. The van der Waals surface area contributed by atoms with Crippen molar-refractivity contribution in [3.05, 3.63) is 140 Å². The third kappa shape index (κ3) is 6.37. The van der Waals surface area contributed by atoms with Crippen LogP contribution in [-0.2, 0) is 12.7 Å². The van der Waals surface area contributed by atoms with E-state index in [1.807, 2.05) is 17.0 Å². The Bertz CT molecular complexity index is 2060. The van der Waals surface area contributed by atoms with Gasteiger partial charge in [-0.2, -0.15) is 13.2 Å². The summed E-state index contributed by atoms with van der Waals surface area (Å²) in [6.07, 6.45) is -4.45. The van der Waals surface area contributed by atoms with E-state index in [1.165, 1.54) is 17.4 Å². The number of nitrogens with zero attached hydrogens (tertiary/aromatic N) is 3. The molecule has 2 aliphatic rings. The molecule has 1 saturated heterocycles. The molecule has 49 heavy (non-hydrogen) atoms. The fourth-order valence-corrected chi connectivity index (χ4v) is 7.78. The maximum atomic E-state index is 14.5.